The second kappa shape index (κ2) is 6.75. The summed E-state index contributed by atoms with van der Waals surface area (Å²) in [5.41, 5.74) is 8.38. The van der Waals surface area contributed by atoms with Gasteiger partial charge in [-0.3, -0.25) is 0 Å². The molecule has 5 rings (SSSR count). The number of aromatic nitrogens is 2. The first-order valence-corrected chi connectivity index (χ1v) is 9.93. The summed E-state index contributed by atoms with van der Waals surface area (Å²) in [6, 6.07) is 26.1. The van der Waals surface area contributed by atoms with E-state index in [4.69, 9.17) is 9.98 Å². The second-order valence-electron chi connectivity index (χ2n) is 7.51. The summed E-state index contributed by atoms with van der Waals surface area (Å²) in [5, 5.41) is 0. The van der Waals surface area contributed by atoms with Crippen molar-refractivity contribution in [2.24, 2.45) is 4.99 Å². The molecule has 138 valence electrons. The summed E-state index contributed by atoms with van der Waals surface area (Å²) >= 11 is 0. The third kappa shape index (κ3) is 2.84. The van der Waals surface area contributed by atoms with E-state index in [9.17, 15) is 0 Å². The van der Waals surface area contributed by atoms with Crippen molar-refractivity contribution in [3.8, 4) is 0 Å². The van der Waals surface area contributed by atoms with Crippen molar-refractivity contribution < 1.29 is 0 Å². The lowest BCUT2D eigenvalue weighted by molar-refractivity contribution is 0.611. The number of aryl methyl sites for hydroxylation is 2. The number of rotatable bonds is 3. The maximum Gasteiger partial charge on any atom is 0.231 e. The highest BCUT2D eigenvalue weighted by Crippen LogP contribution is 2.37. The highest BCUT2D eigenvalue weighted by atomic mass is 15.2. The largest absolute Gasteiger partial charge is 0.300 e. The molecule has 0 amide bonds. The first kappa shape index (κ1) is 16.9. The molecule has 1 aliphatic rings. The molecule has 1 atom stereocenters. The third-order valence-electron chi connectivity index (χ3n) is 5.63. The number of hydrogen-bond acceptors (Lipinski definition) is 2. The highest BCUT2D eigenvalue weighted by molar-refractivity contribution is 6.03. The molecular weight excluding hydrogens is 342 g/mol. The smallest absolute Gasteiger partial charge is 0.231 e. The Morgan fingerprint density at radius 1 is 0.964 bits per heavy atom. The predicted octanol–water partition coefficient (Wildman–Crippen LogP) is 6.02. The van der Waals surface area contributed by atoms with Crippen LogP contribution in [0.5, 0.6) is 0 Å². The van der Waals surface area contributed by atoms with Crippen LogP contribution in [0, 0.1) is 6.92 Å². The van der Waals surface area contributed by atoms with Crippen molar-refractivity contribution in [2.75, 3.05) is 0 Å². The fourth-order valence-corrected chi connectivity index (χ4v) is 4.12. The molecule has 1 unspecified atom stereocenters. The van der Waals surface area contributed by atoms with Gasteiger partial charge in [0, 0.05) is 6.42 Å². The first-order chi connectivity index (χ1) is 13.7. The molecule has 0 saturated heterocycles. The van der Waals surface area contributed by atoms with Gasteiger partial charge in [-0.1, -0.05) is 73.2 Å². The van der Waals surface area contributed by atoms with E-state index in [0.717, 1.165) is 35.5 Å². The standard InChI is InChI=1S/C25H23N3/c1-3-18-11-13-19(14-12-18)22-16-24(20-8-6-7-17(2)15-20)28-23-10-5-4-9-21(23)26-25(28)27-22/h4-15,24H,3,16H2,1-2H3. The lowest BCUT2D eigenvalue weighted by Gasteiger charge is -2.26. The molecule has 3 aromatic carbocycles. The van der Waals surface area contributed by atoms with Gasteiger partial charge in [-0.2, -0.15) is 0 Å². The number of para-hydroxylation sites is 2. The minimum Gasteiger partial charge on any atom is -0.300 e. The Labute approximate surface area is 165 Å². The summed E-state index contributed by atoms with van der Waals surface area (Å²) in [4.78, 5) is 9.81. The van der Waals surface area contributed by atoms with Crippen molar-refractivity contribution in [1.82, 2.24) is 9.55 Å². The minimum atomic E-state index is 0.195. The maximum atomic E-state index is 4.98. The molecule has 0 N–H and O–H groups in total. The molecule has 0 spiro atoms. The van der Waals surface area contributed by atoms with Crippen LogP contribution >= 0.6 is 0 Å². The molecule has 4 aromatic rings. The summed E-state index contributed by atoms with van der Waals surface area (Å²) < 4.78 is 2.30. The van der Waals surface area contributed by atoms with Gasteiger partial charge in [0.2, 0.25) is 5.95 Å². The molecule has 0 aliphatic carbocycles. The zero-order valence-corrected chi connectivity index (χ0v) is 16.3. The summed E-state index contributed by atoms with van der Waals surface area (Å²) in [5.74, 6) is 0.800. The lowest BCUT2D eigenvalue weighted by atomic mass is 9.94. The molecular formula is C25H23N3. The van der Waals surface area contributed by atoms with Crippen LogP contribution in [0.1, 0.15) is 41.6 Å². The Balaban J connectivity index is 1.69. The quantitative estimate of drug-likeness (QED) is 0.436. The molecule has 0 bridgehead atoms. The number of hydrogen-bond donors (Lipinski definition) is 0. The molecule has 3 heteroatoms. The Kier molecular flexibility index (Phi) is 4.09. The fraction of sp³-hybridized carbons (Fsp3) is 0.200. The van der Waals surface area contributed by atoms with Crippen LogP contribution in [-0.4, -0.2) is 15.3 Å². The Morgan fingerprint density at radius 2 is 1.79 bits per heavy atom. The van der Waals surface area contributed by atoms with E-state index in [1.165, 1.54) is 22.3 Å². The molecule has 0 radical (unpaired) electrons. The van der Waals surface area contributed by atoms with Gasteiger partial charge >= 0.3 is 0 Å². The second-order valence-corrected chi connectivity index (χ2v) is 7.51. The van der Waals surface area contributed by atoms with E-state index in [1.807, 2.05) is 6.07 Å². The van der Waals surface area contributed by atoms with Crippen molar-refractivity contribution in [1.29, 1.82) is 0 Å². The Bertz CT molecular complexity index is 1180. The highest BCUT2D eigenvalue weighted by Gasteiger charge is 2.27. The monoisotopic (exact) mass is 365 g/mol. The number of imidazole rings is 1. The van der Waals surface area contributed by atoms with Crippen molar-refractivity contribution in [2.45, 2.75) is 32.7 Å². The van der Waals surface area contributed by atoms with Crippen LogP contribution in [0.15, 0.2) is 77.8 Å². The predicted molar refractivity (Wildman–Crippen MR) is 116 cm³/mol. The number of benzene rings is 3. The molecule has 3 nitrogen and oxygen atoms in total. The summed E-state index contributed by atoms with van der Waals surface area (Å²) in [7, 11) is 0. The number of aliphatic imine (C=N–C) groups is 1. The van der Waals surface area contributed by atoms with Gasteiger partial charge in [0.15, 0.2) is 0 Å². The average Bonchev–Trinajstić information content (AvgIpc) is 3.11. The average molecular weight is 365 g/mol. The zero-order chi connectivity index (χ0) is 19.1. The maximum absolute atomic E-state index is 4.98. The molecule has 0 fully saturated rings. The van der Waals surface area contributed by atoms with Crippen molar-refractivity contribution in [3.05, 3.63) is 95.1 Å². The van der Waals surface area contributed by atoms with Crippen LogP contribution in [0.3, 0.4) is 0 Å². The van der Waals surface area contributed by atoms with Gasteiger partial charge in [0.25, 0.3) is 0 Å². The molecule has 28 heavy (non-hydrogen) atoms. The lowest BCUT2D eigenvalue weighted by Crippen LogP contribution is -2.20. The summed E-state index contributed by atoms with van der Waals surface area (Å²) in [6.45, 7) is 4.33. The number of nitrogens with zero attached hydrogens (tertiary/aromatic N) is 3. The van der Waals surface area contributed by atoms with Gasteiger partial charge in [-0.05, 0) is 42.2 Å². The van der Waals surface area contributed by atoms with E-state index in [0.29, 0.717) is 0 Å². The van der Waals surface area contributed by atoms with Gasteiger partial charge in [0.05, 0.1) is 22.8 Å². The normalized spacial score (nSPS) is 16.1. The Hall–Kier alpha value is -3.20. The van der Waals surface area contributed by atoms with E-state index < -0.39 is 0 Å². The Morgan fingerprint density at radius 3 is 2.57 bits per heavy atom. The van der Waals surface area contributed by atoms with Crippen LogP contribution in [0.2, 0.25) is 0 Å². The van der Waals surface area contributed by atoms with E-state index in [1.54, 1.807) is 0 Å². The van der Waals surface area contributed by atoms with Gasteiger partial charge in [-0.25, -0.2) is 9.98 Å². The molecule has 2 heterocycles. The first-order valence-electron chi connectivity index (χ1n) is 9.93. The van der Waals surface area contributed by atoms with Crippen LogP contribution in [0.4, 0.5) is 5.95 Å². The van der Waals surface area contributed by atoms with Gasteiger partial charge in [0.1, 0.15) is 0 Å². The van der Waals surface area contributed by atoms with E-state index in [-0.39, 0.29) is 6.04 Å². The number of fused-ring (bicyclic) bond motifs is 3. The molecule has 1 aliphatic heterocycles. The topological polar surface area (TPSA) is 30.2 Å². The van der Waals surface area contributed by atoms with Crippen LogP contribution in [0.25, 0.3) is 11.0 Å². The van der Waals surface area contributed by atoms with Gasteiger partial charge in [-0.15, -0.1) is 0 Å². The van der Waals surface area contributed by atoms with Crippen LogP contribution in [-0.2, 0) is 6.42 Å². The van der Waals surface area contributed by atoms with E-state index in [2.05, 4.69) is 85.1 Å². The zero-order valence-electron chi connectivity index (χ0n) is 16.3. The van der Waals surface area contributed by atoms with Crippen LogP contribution < -0.4 is 0 Å². The van der Waals surface area contributed by atoms with Crippen molar-refractivity contribution >= 4 is 22.7 Å². The molecule has 0 saturated carbocycles. The fourth-order valence-electron chi connectivity index (χ4n) is 4.12. The van der Waals surface area contributed by atoms with Gasteiger partial charge < -0.3 is 4.57 Å². The van der Waals surface area contributed by atoms with Crippen molar-refractivity contribution in [3.63, 3.8) is 0 Å². The SMILES string of the molecule is CCc1ccc(C2=Nc3nc4ccccc4n3C(c3cccc(C)c3)C2)cc1. The minimum absolute atomic E-state index is 0.195. The summed E-state index contributed by atoms with van der Waals surface area (Å²) in [6.07, 6.45) is 1.91. The van der Waals surface area contributed by atoms with E-state index >= 15 is 0 Å². The molecule has 1 aromatic heterocycles. The third-order valence-corrected chi connectivity index (χ3v) is 5.63.